The zero-order chi connectivity index (χ0) is 12.5. The van der Waals surface area contributed by atoms with Crippen molar-refractivity contribution in [2.24, 2.45) is 11.7 Å². The third-order valence-electron chi connectivity index (χ3n) is 2.41. The summed E-state index contributed by atoms with van der Waals surface area (Å²) in [7, 11) is 0. The molecule has 1 rings (SSSR count). The Morgan fingerprint density at radius 2 is 1.75 bits per heavy atom. The standard InChI is InChI=1S/C11H13F4N/c1-6(2)10(16)8-4-3-7(5-9(8)12)11(13,14)15/h3-6,10H,16H2,1-2H3/t10-/m1/s1. The molecule has 0 saturated carbocycles. The molecule has 1 aromatic carbocycles. The first-order valence-corrected chi connectivity index (χ1v) is 4.85. The lowest BCUT2D eigenvalue weighted by molar-refractivity contribution is -0.137. The van der Waals surface area contributed by atoms with Crippen LogP contribution >= 0.6 is 0 Å². The van der Waals surface area contributed by atoms with E-state index < -0.39 is 23.6 Å². The summed E-state index contributed by atoms with van der Waals surface area (Å²) in [5.41, 5.74) is 4.79. The van der Waals surface area contributed by atoms with Gasteiger partial charge < -0.3 is 5.73 Å². The van der Waals surface area contributed by atoms with Gasteiger partial charge in [0, 0.05) is 11.6 Å². The van der Waals surface area contributed by atoms with Crippen LogP contribution < -0.4 is 5.73 Å². The highest BCUT2D eigenvalue weighted by Crippen LogP contribution is 2.32. The molecule has 0 bridgehead atoms. The minimum Gasteiger partial charge on any atom is -0.324 e. The molecule has 0 aliphatic rings. The van der Waals surface area contributed by atoms with Crippen molar-refractivity contribution in [3.63, 3.8) is 0 Å². The van der Waals surface area contributed by atoms with E-state index in [9.17, 15) is 17.6 Å². The molecule has 90 valence electrons. The predicted octanol–water partition coefficient (Wildman–Crippen LogP) is 3.50. The molecule has 0 aliphatic heterocycles. The first-order valence-electron chi connectivity index (χ1n) is 4.85. The van der Waals surface area contributed by atoms with Crippen LogP contribution in [-0.2, 0) is 6.18 Å². The molecule has 2 N–H and O–H groups in total. The highest BCUT2D eigenvalue weighted by Gasteiger charge is 2.31. The number of benzene rings is 1. The van der Waals surface area contributed by atoms with Gasteiger partial charge in [-0.15, -0.1) is 0 Å². The minimum atomic E-state index is -4.53. The lowest BCUT2D eigenvalue weighted by Crippen LogP contribution is -2.18. The maximum Gasteiger partial charge on any atom is 0.416 e. The van der Waals surface area contributed by atoms with Crippen LogP contribution in [-0.4, -0.2) is 0 Å². The highest BCUT2D eigenvalue weighted by atomic mass is 19.4. The van der Waals surface area contributed by atoms with Gasteiger partial charge in [0.05, 0.1) is 5.56 Å². The summed E-state index contributed by atoms with van der Waals surface area (Å²) in [6.45, 7) is 3.56. The van der Waals surface area contributed by atoms with Crippen molar-refractivity contribution in [2.45, 2.75) is 26.1 Å². The Hall–Kier alpha value is -1.10. The Balaban J connectivity index is 3.10. The van der Waals surface area contributed by atoms with Crippen LogP contribution in [0.15, 0.2) is 18.2 Å². The van der Waals surface area contributed by atoms with Gasteiger partial charge in [-0.1, -0.05) is 19.9 Å². The summed E-state index contributed by atoms with van der Waals surface area (Å²) in [6, 6.07) is 1.84. The Kier molecular flexibility index (Phi) is 3.57. The molecule has 0 fully saturated rings. The van der Waals surface area contributed by atoms with Crippen molar-refractivity contribution >= 4 is 0 Å². The van der Waals surface area contributed by atoms with Gasteiger partial charge in [0.25, 0.3) is 0 Å². The normalized spacial score (nSPS) is 14.2. The summed E-state index contributed by atoms with van der Waals surface area (Å²) < 4.78 is 50.2. The number of hydrogen-bond acceptors (Lipinski definition) is 1. The van der Waals surface area contributed by atoms with E-state index >= 15 is 0 Å². The number of halogens is 4. The summed E-state index contributed by atoms with van der Waals surface area (Å²) >= 11 is 0. The summed E-state index contributed by atoms with van der Waals surface area (Å²) in [5, 5.41) is 0. The van der Waals surface area contributed by atoms with Crippen LogP contribution in [0.4, 0.5) is 17.6 Å². The van der Waals surface area contributed by atoms with Crippen LogP contribution in [0.3, 0.4) is 0 Å². The third kappa shape index (κ3) is 2.72. The molecule has 0 unspecified atom stereocenters. The second-order valence-electron chi connectivity index (χ2n) is 4.00. The Bertz CT molecular complexity index is 371. The molecule has 0 aliphatic carbocycles. The van der Waals surface area contributed by atoms with Gasteiger partial charge >= 0.3 is 6.18 Å². The van der Waals surface area contributed by atoms with Crippen LogP contribution in [0.1, 0.15) is 31.0 Å². The quantitative estimate of drug-likeness (QED) is 0.780. The number of hydrogen-bond donors (Lipinski definition) is 1. The van der Waals surface area contributed by atoms with E-state index in [0.717, 1.165) is 12.1 Å². The lowest BCUT2D eigenvalue weighted by atomic mass is 9.95. The van der Waals surface area contributed by atoms with E-state index in [1.165, 1.54) is 0 Å². The fourth-order valence-electron chi connectivity index (χ4n) is 1.33. The first kappa shape index (κ1) is 13.0. The van der Waals surface area contributed by atoms with Gasteiger partial charge in [-0.05, 0) is 18.1 Å². The molecule has 0 saturated heterocycles. The average molecular weight is 235 g/mol. The molecular weight excluding hydrogens is 222 g/mol. The monoisotopic (exact) mass is 235 g/mol. The van der Waals surface area contributed by atoms with Crippen LogP contribution in [0.25, 0.3) is 0 Å². The lowest BCUT2D eigenvalue weighted by Gasteiger charge is -2.17. The van der Waals surface area contributed by atoms with Crippen LogP contribution in [0.2, 0.25) is 0 Å². The fraction of sp³-hybridized carbons (Fsp3) is 0.455. The molecule has 0 radical (unpaired) electrons. The fourth-order valence-corrected chi connectivity index (χ4v) is 1.33. The van der Waals surface area contributed by atoms with Crippen molar-refractivity contribution < 1.29 is 17.6 Å². The van der Waals surface area contributed by atoms with E-state index in [-0.39, 0.29) is 11.5 Å². The molecule has 16 heavy (non-hydrogen) atoms. The largest absolute Gasteiger partial charge is 0.416 e. The van der Waals surface area contributed by atoms with Crippen molar-refractivity contribution in [3.05, 3.63) is 35.1 Å². The van der Waals surface area contributed by atoms with Crippen molar-refractivity contribution in [1.29, 1.82) is 0 Å². The van der Waals surface area contributed by atoms with Crippen LogP contribution in [0, 0.1) is 11.7 Å². The van der Waals surface area contributed by atoms with E-state index in [1.807, 2.05) is 0 Å². The molecule has 1 atom stereocenters. The van der Waals surface area contributed by atoms with E-state index in [2.05, 4.69) is 0 Å². The summed E-state index contributed by atoms with van der Waals surface area (Å²) in [5.74, 6) is -0.942. The van der Waals surface area contributed by atoms with Gasteiger partial charge in [0.15, 0.2) is 0 Å². The summed E-state index contributed by atoms with van der Waals surface area (Å²) in [6.07, 6.45) is -4.53. The highest BCUT2D eigenvalue weighted by molar-refractivity contribution is 5.28. The average Bonchev–Trinajstić information content (AvgIpc) is 2.15. The minimum absolute atomic E-state index is 0.0359. The maximum atomic E-state index is 13.4. The van der Waals surface area contributed by atoms with Crippen molar-refractivity contribution in [2.75, 3.05) is 0 Å². The first-order chi connectivity index (χ1) is 7.23. The van der Waals surface area contributed by atoms with E-state index in [1.54, 1.807) is 13.8 Å². The van der Waals surface area contributed by atoms with E-state index in [4.69, 9.17) is 5.73 Å². The Morgan fingerprint density at radius 3 is 2.12 bits per heavy atom. The number of nitrogens with two attached hydrogens (primary N) is 1. The molecule has 0 spiro atoms. The van der Waals surface area contributed by atoms with Gasteiger partial charge in [-0.2, -0.15) is 13.2 Å². The van der Waals surface area contributed by atoms with Gasteiger partial charge in [-0.3, -0.25) is 0 Å². The number of rotatable bonds is 2. The van der Waals surface area contributed by atoms with Crippen molar-refractivity contribution in [3.8, 4) is 0 Å². The molecule has 1 nitrogen and oxygen atoms in total. The number of alkyl halides is 3. The predicted molar refractivity (Wildman–Crippen MR) is 53.2 cm³/mol. The van der Waals surface area contributed by atoms with Gasteiger partial charge in [-0.25, -0.2) is 4.39 Å². The maximum absolute atomic E-state index is 13.4. The van der Waals surface area contributed by atoms with E-state index in [0.29, 0.717) is 6.07 Å². The molecular formula is C11H13F4N. The SMILES string of the molecule is CC(C)[C@@H](N)c1ccc(C(F)(F)F)cc1F. The third-order valence-corrected chi connectivity index (χ3v) is 2.41. The molecule has 0 heterocycles. The second-order valence-corrected chi connectivity index (χ2v) is 4.00. The summed E-state index contributed by atoms with van der Waals surface area (Å²) in [4.78, 5) is 0. The molecule has 0 aromatic heterocycles. The zero-order valence-corrected chi connectivity index (χ0v) is 8.98. The zero-order valence-electron chi connectivity index (χ0n) is 8.98. The van der Waals surface area contributed by atoms with Crippen molar-refractivity contribution in [1.82, 2.24) is 0 Å². The smallest absolute Gasteiger partial charge is 0.324 e. The molecule has 1 aromatic rings. The molecule has 5 heteroatoms. The van der Waals surface area contributed by atoms with Gasteiger partial charge in [0.1, 0.15) is 5.82 Å². The topological polar surface area (TPSA) is 26.0 Å². The Labute approximate surface area is 91.3 Å². The van der Waals surface area contributed by atoms with Crippen LogP contribution in [0.5, 0.6) is 0 Å². The molecule has 0 amide bonds. The van der Waals surface area contributed by atoms with Gasteiger partial charge in [0.2, 0.25) is 0 Å². The second kappa shape index (κ2) is 4.41. The Morgan fingerprint density at radius 1 is 1.19 bits per heavy atom.